The van der Waals surface area contributed by atoms with E-state index < -0.39 is 0 Å². The van der Waals surface area contributed by atoms with Crippen LogP contribution in [0.4, 0.5) is 0 Å². The van der Waals surface area contributed by atoms with Crippen LogP contribution in [0.5, 0.6) is 0 Å². The summed E-state index contributed by atoms with van der Waals surface area (Å²) in [7, 11) is 0. The molecule has 0 aliphatic carbocycles. The Kier molecular flexibility index (Phi) is 9.73. The summed E-state index contributed by atoms with van der Waals surface area (Å²) in [6.07, 6.45) is 15.7. The highest BCUT2D eigenvalue weighted by molar-refractivity contribution is 5.80. The molecule has 0 unspecified atom stereocenters. The number of nitrogens with zero attached hydrogens (tertiary/aromatic N) is 1. The Morgan fingerprint density at radius 2 is 1.55 bits per heavy atom. The van der Waals surface area contributed by atoms with Gasteiger partial charge in [-0.2, -0.15) is 0 Å². The Hall–Kier alpha value is -0.570. The van der Waals surface area contributed by atoms with E-state index in [0.29, 0.717) is 0 Å². The lowest BCUT2D eigenvalue weighted by Crippen LogP contribution is -2.40. The van der Waals surface area contributed by atoms with Crippen molar-refractivity contribution in [1.29, 1.82) is 0 Å². The Morgan fingerprint density at radius 1 is 1.00 bits per heavy atom. The highest BCUT2D eigenvalue weighted by Gasteiger charge is 2.27. The summed E-state index contributed by atoms with van der Waals surface area (Å²) < 4.78 is 0. The standard InChI is InChI=1S/C17H34N2O/c1-2-3-4-5-6-7-8-9-10-11-14-19-15-12-13-16(19)17(18)20/h16H,2-15H2,1H3,(H2,18,20)/t16-/m0/s1. The van der Waals surface area contributed by atoms with Crippen LogP contribution in [0.2, 0.25) is 0 Å². The maximum absolute atomic E-state index is 11.3. The third kappa shape index (κ3) is 7.28. The molecule has 1 rings (SSSR count). The minimum atomic E-state index is -0.130. The predicted molar refractivity (Wildman–Crippen MR) is 85.6 cm³/mol. The first kappa shape index (κ1) is 17.5. The lowest BCUT2D eigenvalue weighted by molar-refractivity contribution is -0.122. The Balaban J connectivity index is 1.88. The van der Waals surface area contributed by atoms with Crippen LogP contribution < -0.4 is 5.73 Å². The first-order chi connectivity index (χ1) is 9.75. The first-order valence-electron chi connectivity index (χ1n) is 8.79. The molecule has 20 heavy (non-hydrogen) atoms. The van der Waals surface area contributed by atoms with Gasteiger partial charge in [0.15, 0.2) is 0 Å². The van der Waals surface area contributed by atoms with Gasteiger partial charge in [-0.15, -0.1) is 0 Å². The van der Waals surface area contributed by atoms with Gasteiger partial charge in [0.2, 0.25) is 5.91 Å². The van der Waals surface area contributed by atoms with Crippen LogP contribution in [0.15, 0.2) is 0 Å². The normalized spacial score (nSPS) is 19.6. The Labute approximate surface area is 125 Å². The van der Waals surface area contributed by atoms with Gasteiger partial charge in [0.05, 0.1) is 6.04 Å². The average molecular weight is 282 g/mol. The SMILES string of the molecule is CCCCCCCCCCCCN1CCC[C@H]1C(N)=O. The van der Waals surface area contributed by atoms with E-state index in [2.05, 4.69) is 11.8 Å². The van der Waals surface area contributed by atoms with Crippen LogP contribution in [-0.4, -0.2) is 29.9 Å². The molecule has 1 aliphatic heterocycles. The maximum Gasteiger partial charge on any atom is 0.234 e. The van der Waals surface area contributed by atoms with Gasteiger partial charge in [0.25, 0.3) is 0 Å². The fourth-order valence-electron chi connectivity index (χ4n) is 3.22. The maximum atomic E-state index is 11.3. The average Bonchev–Trinajstić information content (AvgIpc) is 2.89. The van der Waals surface area contributed by atoms with Crippen LogP contribution in [0.3, 0.4) is 0 Å². The molecule has 3 heteroatoms. The van der Waals surface area contributed by atoms with Crippen LogP contribution in [0.1, 0.15) is 84.0 Å². The van der Waals surface area contributed by atoms with E-state index in [4.69, 9.17) is 5.73 Å². The van der Waals surface area contributed by atoms with Crippen molar-refractivity contribution in [3.63, 3.8) is 0 Å². The number of hydrogen-bond acceptors (Lipinski definition) is 2. The van der Waals surface area contributed by atoms with Crippen molar-refractivity contribution < 1.29 is 4.79 Å². The van der Waals surface area contributed by atoms with Gasteiger partial charge in [0, 0.05) is 0 Å². The quantitative estimate of drug-likeness (QED) is 0.553. The van der Waals surface area contributed by atoms with Crippen molar-refractivity contribution in [1.82, 2.24) is 4.90 Å². The molecule has 1 heterocycles. The summed E-state index contributed by atoms with van der Waals surface area (Å²) in [4.78, 5) is 13.6. The molecular formula is C17H34N2O. The van der Waals surface area contributed by atoms with Gasteiger partial charge in [-0.25, -0.2) is 0 Å². The molecule has 0 aromatic heterocycles. The predicted octanol–water partition coefficient (Wildman–Crippen LogP) is 3.86. The van der Waals surface area contributed by atoms with Crippen LogP contribution in [-0.2, 0) is 4.79 Å². The summed E-state index contributed by atoms with van der Waals surface area (Å²) in [5, 5.41) is 0. The van der Waals surface area contributed by atoms with E-state index in [0.717, 1.165) is 25.9 Å². The Bertz CT molecular complexity index is 255. The van der Waals surface area contributed by atoms with Gasteiger partial charge < -0.3 is 5.73 Å². The van der Waals surface area contributed by atoms with E-state index in [-0.39, 0.29) is 11.9 Å². The number of likely N-dealkylation sites (tertiary alicyclic amines) is 1. The molecular weight excluding hydrogens is 248 g/mol. The summed E-state index contributed by atoms with van der Waals surface area (Å²) >= 11 is 0. The van der Waals surface area contributed by atoms with E-state index in [1.54, 1.807) is 0 Å². The zero-order valence-electron chi connectivity index (χ0n) is 13.4. The summed E-state index contributed by atoms with van der Waals surface area (Å²) in [5.74, 6) is -0.130. The number of amides is 1. The number of rotatable bonds is 12. The lowest BCUT2D eigenvalue weighted by Gasteiger charge is -2.21. The molecule has 2 N–H and O–H groups in total. The number of carbonyl (C=O) groups excluding carboxylic acids is 1. The van der Waals surface area contributed by atoms with Crippen molar-refractivity contribution in [2.45, 2.75) is 90.0 Å². The molecule has 1 atom stereocenters. The van der Waals surface area contributed by atoms with E-state index in [1.165, 1.54) is 64.2 Å². The van der Waals surface area contributed by atoms with Crippen LogP contribution in [0, 0.1) is 0 Å². The second kappa shape index (κ2) is 11.1. The van der Waals surface area contributed by atoms with Gasteiger partial charge in [-0.1, -0.05) is 64.7 Å². The third-order valence-corrected chi connectivity index (χ3v) is 4.49. The van der Waals surface area contributed by atoms with Gasteiger partial charge in [0.1, 0.15) is 0 Å². The van der Waals surface area contributed by atoms with Crippen molar-refractivity contribution >= 4 is 5.91 Å². The second-order valence-electron chi connectivity index (χ2n) is 6.28. The van der Waals surface area contributed by atoms with Crippen LogP contribution in [0.25, 0.3) is 0 Å². The minimum Gasteiger partial charge on any atom is -0.368 e. The Morgan fingerprint density at radius 3 is 2.10 bits per heavy atom. The van der Waals surface area contributed by atoms with Gasteiger partial charge in [-0.05, 0) is 32.4 Å². The van der Waals surface area contributed by atoms with Crippen molar-refractivity contribution in [3.8, 4) is 0 Å². The molecule has 1 saturated heterocycles. The molecule has 0 aromatic carbocycles. The number of hydrogen-bond donors (Lipinski definition) is 1. The van der Waals surface area contributed by atoms with Crippen molar-refractivity contribution in [2.75, 3.05) is 13.1 Å². The van der Waals surface area contributed by atoms with E-state index in [9.17, 15) is 4.79 Å². The summed E-state index contributed by atoms with van der Waals surface area (Å²) in [5.41, 5.74) is 5.43. The molecule has 118 valence electrons. The highest BCUT2D eigenvalue weighted by atomic mass is 16.1. The van der Waals surface area contributed by atoms with Crippen molar-refractivity contribution in [2.24, 2.45) is 5.73 Å². The number of primary amides is 1. The monoisotopic (exact) mass is 282 g/mol. The summed E-state index contributed by atoms with van der Waals surface area (Å²) in [6, 6.07) is 0.0218. The first-order valence-corrected chi connectivity index (χ1v) is 8.79. The molecule has 3 nitrogen and oxygen atoms in total. The second-order valence-corrected chi connectivity index (χ2v) is 6.28. The zero-order valence-corrected chi connectivity index (χ0v) is 13.4. The fourth-order valence-corrected chi connectivity index (χ4v) is 3.22. The molecule has 1 aliphatic rings. The molecule has 1 amide bonds. The van der Waals surface area contributed by atoms with Crippen molar-refractivity contribution in [3.05, 3.63) is 0 Å². The zero-order chi connectivity index (χ0) is 14.6. The number of carbonyl (C=O) groups is 1. The topological polar surface area (TPSA) is 46.3 Å². The molecule has 1 fully saturated rings. The third-order valence-electron chi connectivity index (χ3n) is 4.49. The number of unbranched alkanes of at least 4 members (excludes halogenated alkanes) is 9. The molecule has 0 radical (unpaired) electrons. The lowest BCUT2D eigenvalue weighted by atomic mass is 10.1. The molecule has 0 bridgehead atoms. The van der Waals surface area contributed by atoms with E-state index >= 15 is 0 Å². The van der Waals surface area contributed by atoms with Crippen LogP contribution >= 0.6 is 0 Å². The summed E-state index contributed by atoms with van der Waals surface area (Å²) in [6.45, 7) is 4.39. The molecule has 0 saturated carbocycles. The fraction of sp³-hybridized carbons (Fsp3) is 0.941. The molecule has 0 aromatic rings. The van der Waals surface area contributed by atoms with Gasteiger partial charge in [-0.3, -0.25) is 9.69 Å². The molecule has 0 spiro atoms. The number of nitrogens with two attached hydrogens (primary N) is 1. The minimum absolute atomic E-state index is 0.0218. The highest BCUT2D eigenvalue weighted by Crippen LogP contribution is 2.18. The largest absolute Gasteiger partial charge is 0.368 e. The van der Waals surface area contributed by atoms with Gasteiger partial charge >= 0.3 is 0 Å². The smallest absolute Gasteiger partial charge is 0.234 e. The van der Waals surface area contributed by atoms with E-state index in [1.807, 2.05) is 0 Å².